The first-order valence-electron chi connectivity index (χ1n) is 6.70. The quantitative estimate of drug-likeness (QED) is 0.784. The van der Waals surface area contributed by atoms with E-state index in [1.807, 2.05) is 30.5 Å². The minimum Gasteiger partial charge on any atom is -0.319 e. The highest BCUT2D eigenvalue weighted by molar-refractivity contribution is 5.63. The van der Waals surface area contributed by atoms with Crippen molar-refractivity contribution in [3.8, 4) is 11.4 Å². The van der Waals surface area contributed by atoms with Crippen molar-refractivity contribution in [3.05, 3.63) is 47.9 Å². The Hall–Kier alpha value is -2.27. The molecule has 20 heavy (non-hydrogen) atoms. The van der Waals surface area contributed by atoms with Gasteiger partial charge in [0.2, 0.25) is 0 Å². The first kappa shape index (κ1) is 12.7. The van der Waals surface area contributed by atoms with Crippen LogP contribution >= 0.6 is 0 Å². The first-order chi connectivity index (χ1) is 9.79. The molecule has 0 spiro atoms. The fraction of sp³-hybridized carbons (Fsp3) is 0.267. The van der Waals surface area contributed by atoms with Crippen LogP contribution in [0.3, 0.4) is 0 Å². The Balaban J connectivity index is 2.11. The fourth-order valence-corrected chi connectivity index (χ4v) is 2.29. The van der Waals surface area contributed by atoms with E-state index in [0.29, 0.717) is 0 Å². The normalized spacial score (nSPS) is 11.1. The first-order valence-corrected chi connectivity index (χ1v) is 6.70. The second-order valence-corrected chi connectivity index (χ2v) is 4.79. The number of aromatic nitrogens is 4. The maximum Gasteiger partial charge on any atom is 0.169 e. The van der Waals surface area contributed by atoms with Gasteiger partial charge in [-0.3, -0.25) is 4.40 Å². The fourth-order valence-electron chi connectivity index (χ4n) is 2.29. The summed E-state index contributed by atoms with van der Waals surface area (Å²) in [5, 5.41) is 11.7. The lowest BCUT2D eigenvalue weighted by Gasteiger charge is -2.07. The highest BCUT2D eigenvalue weighted by Crippen LogP contribution is 2.22. The summed E-state index contributed by atoms with van der Waals surface area (Å²) in [7, 11) is 1.96. The van der Waals surface area contributed by atoms with Crippen LogP contribution < -0.4 is 5.32 Å². The topological polar surface area (TPSA) is 55.1 Å². The van der Waals surface area contributed by atoms with Gasteiger partial charge in [0, 0.05) is 17.3 Å². The van der Waals surface area contributed by atoms with Crippen LogP contribution in [-0.4, -0.2) is 33.2 Å². The van der Waals surface area contributed by atoms with Gasteiger partial charge in [0.25, 0.3) is 0 Å². The lowest BCUT2D eigenvalue weighted by molar-refractivity contribution is 0.792. The standard InChI is InChI=1S/C15H17N5/c1-11-9-14-18-19-15(20(14)10-17-11)13-6-4-3-5-12(13)7-8-16-2/h3-6,9-10,16H,7-8H2,1-2H3. The Kier molecular flexibility index (Phi) is 3.43. The molecule has 0 saturated carbocycles. The molecule has 3 aromatic rings. The van der Waals surface area contributed by atoms with E-state index >= 15 is 0 Å². The molecule has 0 radical (unpaired) electrons. The van der Waals surface area contributed by atoms with Crippen molar-refractivity contribution in [1.82, 2.24) is 24.9 Å². The number of hydrogen-bond donors (Lipinski definition) is 1. The lowest BCUT2D eigenvalue weighted by Crippen LogP contribution is -2.11. The maximum atomic E-state index is 4.33. The summed E-state index contributed by atoms with van der Waals surface area (Å²) in [4.78, 5) is 4.33. The molecule has 0 saturated heterocycles. The van der Waals surface area contributed by atoms with Crippen LogP contribution in [0.1, 0.15) is 11.3 Å². The van der Waals surface area contributed by atoms with Crippen LogP contribution in [0, 0.1) is 6.92 Å². The third-order valence-electron chi connectivity index (χ3n) is 3.34. The molecule has 0 unspecified atom stereocenters. The van der Waals surface area contributed by atoms with Gasteiger partial charge in [-0.2, -0.15) is 0 Å². The second kappa shape index (κ2) is 5.38. The highest BCUT2D eigenvalue weighted by Gasteiger charge is 2.11. The molecule has 0 aliphatic heterocycles. The van der Waals surface area contributed by atoms with Crippen molar-refractivity contribution >= 4 is 5.65 Å². The van der Waals surface area contributed by atoms with E-state index in [1.165, 1.54) is 5.56 Å². The Bertz CT molecular complexity index is 732. The van der Waals surface area contributed by atoms with Crippen molar-refractivity contribution in [2.24, 2.45) is 0 Å². The van der Waals surface area contributed by atoms with E-state index in [1.54, 1.807) is 6.33 Å². The summed E-state index contributed by atoms with van der Waals surface area (Å²) in [6.45, 7) is 2.89. The number of hydrogen-bond acceptors (Lipinski definition) is 4. The van der Waals surface area contributed by atoms with Crippen LogP contribution in [0.15, 0.2) is 36.7 Å². The molecular formula is C15H17N5. The van der Waals surface area contributed by atoms with E-state index in [-0.39, 0.29) is 0 Å². The molecule has 1 aromatic carbocycles. The average Bonchev–Trinajstić information content (AvgIpc) is 2.88. The maximum absolute atomic E-state index is 4.33. The molecule has 0 amide bonds. The third kappa shape index (κ3) is 2.28. The van der Waals surface area contributed by atoms with E-state index in [2.05, 4.69) is 38.7 Å². The zero-order valence-corrected chi connectivity index (χ0v) is 11.7. The summed E-state index contributed by atoms with van der Waals surface area (Å²) < 4.78 is 1.94. The van der Waals surface area contributed by atoms with Gasteiger partial charge >= 0.3 is 0 Å². The summed E-state index contributed by atoms with van der Waals surface area (Å²) in [6.07, 6.45) is 2.75. The summed E-state index contributed by atoms with van der Waals surface area (Å²) in [5.41, 5.74) is 4.15. The Labute approximate surface area is 117 Å². The van der Waals surface area contributed by atoms with Gasteiger partial charge in [-0.15, -0.1) is 10.2 Å². The molecule has 5 heteroatoms. The number of nitrogens with zero attached hydrogens (tertiary/aromatic N) is 4. The van der Waals surface area contributed by atoms with Gasteiger partial charge in [-0.25, -0.2) is 4.98 Å². The largest absolute Gasteiger partial charge is 0.319 e. The molecule has 0 aliphatic carbocycles. The van der Waals surface area contributed by atoms with E-state index in [4.69, 9.17) is 0 Å². The number of nitrogens with one attached hydrogen (secondary N) is 1. The highest BCUT2D eigenvalue weighted by atomic mass is 15.3. The summed E-state index contributed by atoms with van der Waals surface area (Å²) >= 11 is 0. The zero-order chi connectivity index (χ0) is 13.9. The number of likely N-dealkylation sites (N-methyl/N-ethyl adjacent to an activating group) is 1. The third-order valence-corrected chi connectivity index (χ3v) is 3.34. The predicted molar refractivity (Wildman–Crippen MR) is 78.6 cm³/mol. The zero-order valence-electron chi connectivity index (χ0n) is 11.7. The number of rotatable bonds is 4. The van der Waals surface area contributed by atoms with E-state index in [9.17, 15) is 0 Å². The van der Waals surface area contributed by atoms with Crippen molar-refractivity contribution in [2.45, 2.75) is 13.3 Å². The Morgan fingerprint density at radius 3 is 2.90 bits per heavy atom. The van der Waals surface area contributed by atoms with Gasteiger partial charge in [0.15, 0.2) is 11.5 Å². The number of fused-ring (bicyclic) bond motifs is 1. The van der Waals surface area contributed by atoms with Gasteiger partial charge in [-0.1, -0.05) is 24.3 Å². The van der Waals surface area contributed by atoms with Gasteiger partial charge in [0.1, 0.15) is 6.33 Å². The van der Waals surface area contributed by atoms with Crippen molar-refractivity contribution < 1.29 is 0 Å². The molecular weight excluding hydrogens is 250 g/mol. The van der Waals surface area contributed by atoms with Crippen molar-refractivity contribution in [3.63, 3.8) is 0 Å². The van der Waals surface area contributed by atoms with Gasteiger partial charge < -0.3 is 5.32 Å². The number of aryl methyl sites for hydroxylation is 1. The monoisotopic (exact) mass is 267 g/mol. The molecule has 1 N–H and O–H groups in total. The molecule has 5 nitrogen and oxygen atoms in total. The molecule has 102 valence electrons. The predicted octanol–water partition coefficient (Wildman–Crippen LogP) is 1.86. The number of benzene rings is 1. The van der Waals surface area contributed by atoms with Crippen LogP contribution in [0.5, 0.6) is 0 Å². The molecule has 0 bridgehead atoms. The van der Waals surface area contributed by atoms with Crippen LogP contribution in [0.25, 0.3) is 17.0 Å². The molecule has 3 rings (SSSR count). The van der Waals surface area contributed by atoms with Crippen LogP contribution in [0.4, 0.5) is 0 Å². The minimum absolute atomic E-state index is 0.830. The minimum atomic E-state index is 0.830. The molecule has 0 atom stereocenters. The van der Waals surface area contributed by atoms with Crippen LogP contribution in [0.2, 0.25) is 0 Å². The lowest BCUT2D eigenvalue weighted by atomic mass is 10.0. The SMILES string of the molecule is CNCCc1ccccc1-c1nnc2cc(C)ncn12. The summed E-state index contributed by atoms with van der Waals surface area (Å²) in [5.74, 6) is 0.846. The molecule has 2 heterocycles. The second-order valence-electron chi connectivity index (χ2n) is 4.79. The van der Waals surface area contributed by atoms with Gasteiger partial charge in [-0.05, 0) is 32.5 Å². The molecule has 2 aromatic heterocycles. The summed E-state index contributed by atoms with van der Waals surface area (Å²) in [6, 6.07) is 10.2. The van der Waals surface area contributed by atoms with Crippen molar-refractivity contribution in [2.75, 3.05) is 13.6 Å². The Morgan fingerprint density at radius 1 is 1.20 bits per heavy atom. The molecule has 0 aliphatic rings. The van der Waals surface area contributed by atoms with E-state index < -0.39 is 0 Å². The van der Waals surface area contributed by atoms with E-state index in [0.717, 1.165) is 35.7 Å². The molecule has 0 fully saturated rings. The smallest absolute Gasteiger partial charge is 0.169 e. The Morgan fingerprint density at radius 2 is 2.05 bits per heavy atom. The van der Waals surface area contributed by atoms with Crippen molar-refractivity contribution in [1.29, 1.82) is 0 Å². The van der Waals surface area contributed by atoms with Crippen LogP contribution in [-0.2, 0) is 6.42 Å². The van der Waals surface area contributed by atoms with Gasteiger partial charge in [0.05, 0.1) is 0 Å². The average molecular weight is 267 g/mol.